The number of hydrogen-bond acceptors (Lipinski definition) is 4. The molecule has 2 saturated heterocycles. The number of carbonyl (C=O) groups excluding carboxylic acids is 2. The molecular formula is C22H35ClN4O2. The largest absolute Gasteiger partial charge is 0.326 e. The van der Waals surface area contributed by atoms with Crippen LogP contribution in [0.25, 0.3) is 0 Å². The minimum absolute atomic E-state index is 0. The van der Waals surface area contributed by atoms with Gasteiger partial charge in [0, 0.05) is 23.3 Å². The van der Waals surface area contributed by atoms with Crippen molar-refractivity contribution in [3.8, 4) is 0 Å². The molecule has 1 aromatic carbocycles. The summed E-state index contributed by atoms with van der Waals surface area (Å²) in [5.41, 5.74) is 1.54. The van der Waals surface area contributed by atoms with E-state index in [4.69, 9.17) is 0 Å². The lowest BCUT2D eigenvalue weighted by Gasteiger charge is -2.27. The van der Waals surface area contributed by atoms with Crippen LogP contribution in [0.2, 0.25) is 0 Å². The summed E-state index contributed by atoms with van der Waals surface area (Å²) in [6.45, 7) is 5.47. The predicted octanol–water partition coefficient (Wildman–Crippen LogP) is 3.64. The van der Waals surface area contributed by atoms with Crippen molar-refractivity contribution in [2.45, 2.75) is 57.9 Å². The molecule has 162 valence electrons. The van der Waals surface area contributed by atoms with Crippen LogP contribution in [0.15, 0.2) is 24.3 Å². The molecule has 0 unspecified atom stereocenters. The summed E-state index contributed by atoms with van der Waals surface area (Å²) >= 11 is 0. The highest BCUT2D eigenvalue weighted by Crippen LogP contribution is 2.20. The minimum atomic E-state index is 0. The Bertz CT molecular complexity index is 645. The van der Waals surface area contributed by atoms with Gasteiger partial charge in [0.25, 0.3) is 0 Å². The summed E-state index contributed by atoms with van der Waals surface area (Å²) in [6.07, 6.45) is 7.95. The number of amides is 2. The van der Waals surface area contributed by atoms with Gasteiger partial charge in [0.05, 0.1) is 6.54 Å². The zero-order valence-corrected chi connectivity index (χ0v) is 18.2. The van der Waals surface area contributed by atoms with Crippen molar-refractivity contribution < 1.29 is 9.59 Å². The number of benzene rings is 1. The Balaban J connectivity index is 0.00000300. The maximum atomic E-state index is 12.4. The molecule has 2 heterocycles. The van der Waals surface area contributed by atoms with Crippen LogP contribution in [-0.4, -0.2) is 48.9 Å². The fourth-order valence-electron chi connectivity index (χ4n) is 4.13. The van der Waals surface area contributed by atoms with Gasteiger partial charge in [0.1, 0.15) is 0 Å². The first kappa shape index (κ1) is 23.6. The zero-order valence-electron chi connectivity index (χ0n) is 17.4. The van der Waals surface area contributed by atoms with Gasteiger partial charge in [-0.1, -0.05) is 19.3 Å². The Morgan fingerprint density at radius 2 is 1.59 bits per heavy atom. The molecule has 0 bridgehead atoms. The molecule has 6 nitrogen and oxygen atoms in total. The quantitative estimate of drug-likeness (QED) is 0.677. The first-order chi connectivity index (χ1) is 13.6. The Hall–Kier alpha value is -1.63. The maximum Gasteiger partial charge on any atom is 0.238 e. The SMILES string of the molecule is C[C@H]1C[C@@H](C(=O)Nc2ccc(NC(=O)CN3CCCCCCC3)cc2)CCN1.Cl. The van der Waals surface area contributed by atoms with E-state index in [0.29, 0.717) is 12.6 Å². The van der Waals surface area contributed by atoms with Gasteiger partial charge in [-0.15, -0.1) is 12.4 Å². The van der Waals surface area contributed by atoms with E-state index in [-0.39, 0.29) is 30.1 Å². The van der Waals surface area contributed by atoms with E-state index in [1.165, 1.54) is 32.1 Å². The first-order valence-electron chi connectivity index (χ1n) is 10.8. The fraction of sp³-hybridized carbons (Fsp3) is 0.636. The van der Waals surface area contributed by atoms with Crippen molar-refractivity contribution in [3.05, 3.63) is 24.3 Å². The second-order valence-electron chi connectivity index (χ2n) is 8.24. The lowest BCUT2D eigenvalue weighted by molar-refractivity contribution is -0.121. The van der Waals surface area contributed by atoms with Crippen molar-refractivity contribution >= 4 is 35.6 Å². The molecule has 2 amide bonds. The lowest BCUT2D eigenvalue weighted by Crippen LogP contribution is -2.40. The zero-order chi connectivity index (χ0) is 19.8. The summed E-state index contributed by atoms with van der Waals surface area (Å²) in [5, 5.41) is 9.35. The van der Waals surface area contributed by atoms with E-state index in [1.54, 1.807) is 0 Å². The first-order valence-corrected chi connectivity index (χ1v) is 10.8. The van der Waals surface area contributed by atoms with Gasteiger partial charge in [-0.2, -0.15) is 0 Å². The Labute approximate surface area is 180 Å². The minimum Gasteiger partial charge on any atom is -0.326 e. The highest BCUT2D eigenvalue weighted by molar-refractivity contribution is 5.94. The van der Waals surface area contributed by atoms with Gasteiger partial charge >= 0.3 is 0 Å². The van der Waals surface area contributed by atoms with Crippen LogP contribution >= 0.6 is 12.4 Å². The number of rotatable bonds is 5. The number of piperidine rings is 1. The summed E-state index contributed by atoms with van der Waals surface area (Å²) in [7, 11) is 0. The molecule has 2 fully saturated rings. The topological polar surface area (TPSA) is 73.5 Å². The second kappa shape index (κ2) is 12.2. The third-order valence-electron chi connectivity index (χ3n) is 5.75. The van der Waals surface area contributed by atoms with Crippen molar-refractivity contribution in [1.29, 1.82) is 0 Å². The average Bonchev–Trinajstić information content (AvgIpc) is 2.65. The standard InChI is InChI=1S/C22H34N4O2.ClH/c1-17-15-18(11-12-23-17)22(28)25-20-9-7-19(8-10-20)24-21(27)16-26-13-5-3-2-4-6-14-26;/h7-10,17-18,23H,2-6,11-16H2,1H3,(H,24,27)(H,25,28);1H/t17-,18-;/m0./s1. The molecule has 0 aliphatic carbocycles. The number of hydrogen-bond donors (Lipinski definition) is 3. The normalized spacial score (nSPS) is 23.2. The Morgan fingerprint density at radius 1 is 1.00 bits per heavy atom. The van der Waals surface area contributed by atoms with E-state index in [1.807, 2.05) is 24.3 Å². The van der Waals surface area contributed by atoms with Gasteiger partial charge in [0.15, 0.2) is 0 Å². The van der Waals surface area contributed by atoms with E-state index in [9.17, 15) is 9.59 Å². The fourth-order valence-corrected chi connectivity index (χ4v) is 4.13. The van der Waals surface area contributed by atoms with Crippen molar-refractivity contribution in [3.63, 3.8) is 0 Å². The monoisotopic (exact) mass is 422 g/mol. The Kier molecular flexibility index (Phi) is 9.91. The van der Waals surface area contributed by atoms with Crippen molar-refractivity contribution in [2.75, 3.05) is 36.8 Å². The number of likely N-dealkylation sites (tertiary alicyclic amines) is 1. The van der Waals surface area contributed by atoms with Gasteiger partial charge in [-0.05, 0) is 76.5 Å². The predicted molar refractivity (Wildman–Crippen MR) is 121 cm³/mol. The van der Waals surface area contributed by atoms with E-state index in [2.05, 4.69) is 27.8 Å². The van der Waals surface area contributed by atoms with Crippen LogP contribution < -0.4 is 16.0 Å². The highest BCUT2D eigenvalue weighted by atomic mass is 35.5. The molecule has 0 aromatic heterocycles. The number of nitrogens with zero attached hydrogens (tertiary/aromatic N) is 1. The van der Waals surface area contributed by atoms with Gasteiger partial charge in [0.2, 0.25) is 11.8 Å². The molecule has 2 aliphatic rings. The lowest BCUT2D eigenvalue weighted by atomic mass is 9.92. The molecule has 3 N–H and O–H groups in total. The molecule has 0 saturated carbocycles. The van der Waals surface area contributed by atoms with E-state index in [0.717, 1.165) is 43.9 Å². The molecule has 3 rings (SSSR count). The van der Waals surface area contributed by atoms with Gasteiger partial charge in [-0.3, -0.25) is 14.5 Å². The third-order valence-corrected chi connectivity index (χ3v) is 5.75. The van der Waals surface area contributed by atoms with E-state index >= 15 is 0 Å². The molecule has 2 aliphatic heterocycles. The average molecular weight is 423 g/mol. The Morgan fingerprint density at radius 3 is 2.21 bits per heavy atom. The highest BCUT2D eigenvalue weighted by Gasteiger charge is 2.24. The molecule has 29 heavy (non-hydrogen) atoms. The van der Waals surface area contributed by atoms with Gasteiger partial charge in [-0.25, -0.2) is 0 Å². The molecule has 7 heteroatoms. The summed E-state index contributed by atoms with van der Waals surface area (Å²) < 4.78 is 0. The summed E-state index contributed by atoms with van der Waals surface area (Å²) in [6, 6.07) is 7.80. The number of carbonyl (C=O) groups is 2. The number of nitrogens with one attached hydrogen (secondary N) is 3. The molecule has 0 spiro atoms. The second-order valence-corrected chi connectivity index (χ2v) is 8.24. The molecular weight excluding hydrogens is 388 g/mol. The number of halogens is 1. The van der Waals surface area contributed by atoms with Crippen LogP contribution in [-0.2, 0) is 9.59 Å². The summed E-state index contributed by atoms with van der Waals surface area (Å²) in [5.74, 6) is 0.178. The van der Waals surface area contributed by atoms with Crippen molar-refractivity contribution in [2.24, 2.45) is 5.92 Å². The van der Waals surface area contributed by atoms with Crippen LogP contribution in [0.4, 0.5) is 11.4 Å². The van der Waals surface area contributed by atoms with Crippen LogP contribution in [0, 0.1) is 5.92 Å². The van der Waals surface area contributed by atoms with Crippen molar-refractivity contribution in [1.82, 2.24) is 10.2 Å². The maximum absolute atomic E-state index is 12.4. The summed E-state index contributed by atoms with van der Waals surface area (Å²) in [4.78, 5) is 27.0. The molecule has 2 atom stereocenters. The third kappa shape index (κ3) is 7.96. The molecule has 1 aromatic rings. The smallest absolute Gasteiger partial charge is 0.238 e. The van der Waals surface area contributed by atoms with E-state index < -0.39 is 0 Å². The van der Waals surface area contributed by atoms with Gasteiger partial charge < -0.3 is 16.0 Å². The van der Waals surface area contributed by atoms with Crippen LogP contribution in [0.5, 0.6) is 0 Å². The van der Waals surface area contributed by atoms with Crippen LogP contribution in [0.3, 0.4) is 0 Å². The van der Waals surface area contributed by atoms with Crippen LogP contribution in [0.1, 0.15) is 51.9 Å². The molecule has 0 radical (unpaired) electrons. The number of anilines is 2.